The molecule has 2 aromatic rings. The van der Waals surface area contributed by atoms with Crippen LogP contribution in [0.3, 0.4) is 0 Å². The van der Waals surface area contributed by atoms with Gasteiger partial charge >= 0.3 is 12.1 Å². The van der Waals surface area contributed by atoms with Gasteiger partial charge in [-0.2, -0.15) is 0 Å². The Bertz CT molecular complexity index is 970. The van der Waals surface area contributed by atoms with Crippen LogP contribution in [0.4, 0.5) is 4.79 Å². The molecule has 7 heteroatoms. The minimum Gasteiger partial charge on any atom is -0.481 e. The van der Waals surface area contributed by atoms with Gasteiger partial charge < -0.3 is 20.5 Å². The summed E-state index contributed by atoms with van der Waals surface area (Å²) in [7, 11) is 0. The standard InChI is InChI=1S/C26H30N2O5/c29-24(30)14-23(25(31)27-15-17-8-2-1-3-9-17)28-26(32)33-16-22-20-12-6-4-10-18(20)19-11-5-7-13-21(19)22/h4-7,10-13,17,22-23H,1-3,8-9,14-16H2,(H,27,31)(H,28,32)(H,29,30). The zero-order valence-corrected chi connectivity index (χ0v) is 18.6. The fourth-order valence-corrected chi connectivity index (χ4v) is 4.93. The average molecular weight is 451 g/mol. The first-order chi connectivity index (χ1) is 16.0. The molecule has 0 radical (unpaired) electrons. The van der Waals surface area contributed by atoms with Crippen LogP contribution in [0.1, 0.15) is 55.6 Å². The van der Waals surface area contributed by atoms with Crippen molar-refractivity contribution < 1.29 is 24.2 Å². The third-order valence-electron chi connectivity index (χ3n) is 6.62. The molecule has 0 aromatic heterocycles. The normalized spacial score (nSPS) is 16.4. The number of alkyl carbamates (subject to hydrolysis) is 1. The van der Waals surface area contributed by atoms with Crippen LogP contribution in [0.15, 0.2) is 48.5 Å². The monoisotopic (exact) mass is 450 g/mol. The van der Waals surface area contributed by atoms with Crippen molar-refractivity contribution in [1.29, 1.82) is 0 Å². The molecule has 2 aliphatic carbocycles. The molecule has 1 fully saturated rings. The summed E-state index contributed by atoms with van der Waals surface area (Å²) in [6.45, 7) is 0.602. The number of hydrogen-bond acceptors (Lipinski definition) is 4. The number of rotatable bonds is 8. The van der Waals surface area contributed by atoms with E-state index in [0.717, 1.165) is 47.9 Å². The van der Waals surface area contributed by atoms with Crippen LogP contribution in [0.5, 0.6) is 0 Å². The molecular formula is C26H30N2O5. The summed E-state index contributed by atoms with van der Waals surface area (Å²) in [5, 5.41) is 14.5. The predicted octanol–water partition coefficient (Wildman–Crippen LogP) is 4.06. The number of nitrogens with one attached hydrogen (secondary N) is 2. The number of carboxylic acid groups (broad SMARTS) is 1. The number of fused-ring (bicyclic) bond motifs is 3. The van der Waals surface area contributed by atoms with Crippen molar-refractivity contribution in [2.75, 3.05) is 13.2 Å². The smallest absolute Gasteiger partial charge is 0.407 e. The van der Waals surface area contributed by atoms with Crippen LogP contribution in [0.25, 0.3) is 11.1 Å². The zero-order chi connectivity index (χ0) is 23.2. The van der Waals surface area contributed by atoms with Gasteiger partial charge in [0.2, 0.25) is 5.91 Å². The Kier molecular flexibility index (Phi) is 7.27. The molecule has 174 valence electrons. The van der Waals surface area contributed by atoms with Crippen molar-refractivity contribution in [3.05, 3.63) is 59.7 Å². The lowest BCUT2D eigenvalue weighted by Crippen LogP contribution is -2.49. The lowest BCUT2D eigenvalue weighted by Gasteiger charge is -2.23. The second-order valence-corrected chi connectivity index (χ2v) is 8.87. The molecule has 1 unspecified atom stereocenters. The first-order valence-electron chi connectivity index (χ1n) is 11.6. The maximum Gasteiger partial charge on any atom is 0.407 e. The fourth-order valence-electron chi connectivity index (χ4n) is 4.93. The van der Waals surface area contributed by atoms with E-state index in [1.165, 1.54) is 6.42 Å². The molecule has 0 bridgehead atoms. The topological polar surface area (TPSA) is 105 Å². The Morgan fingerprint density at radius 1 is 0.939 bits per heavy atom. The van der Waals surface area contributed by atoms with E-state index in [-0.39, 0.29) is 12.5 Å². The van der Waals surface area contributed by atoms with Gasteiger partial charge in [-0.05, 0) is 41.0 Å². The van der Waals surface area contributed by atoms with Crippen molar-refractivity contribution in [2.24, 2.45) is 5.92 Å². The molecule has 0 aliphatic heterocycles. The average Bonchev–Trinajstić information content (AvgIpc) is 3.15. The van der Waals surface area contributed by atoms with Gasteiger partial charge in [-0.1, -0.05) is 67.8 Å². The quantitative estimate of drug-likeness (QED) is 0.562. The van der Waals surface area contributed by atoms with E-state index in [1.807, 2.05) is 48.5 Å². The molecule has 2 amide bonds. The minimum absolute atomic E-state index is 0.101. The molecule has 33 heavy (non-hydrogen) atoms. The van der Waals surface area contributed by atoms with E-state index in [4.69, 9.17) is 4.74 Å². The van der Waals surface area contributed by atoms with E-state index in [0.29, 0.717) is 12.5 Å². The molecule has 0 saturated heterocycles. The highest BCUT2D eigenvalue weighted by molar-refractivity contribution is 5.89. The highest BCUT2D eigenvalue weighted by Crippen LogP contribution is 2.44. The number of carbonyl (C=O) groups is 3. The maximum absolute atomic E-state index is 12.6. The first-order valence-corrected chi connectivity index (χ1v) is 11.6. The van der Waals surface area contributed by atoms with Gasteiger partial charge in [-0.25, -0.2) is 4.79 Å². The molecule has 1 atom stereocenters. The lowest BCUT2D eigenvalue weighted by molar-refractivity contribution is -0.139. The summed E-state index contributed by atoms with van der Waals surface area (Å²) in [4.78, 5) is 36.4. The van der Waals surface area contributed by atoms with Gasteiger partial charge in [0.05, 0.1) is 6.42 Å². The molecule has 1 saturated carbocycles. The third kappa shape index (κ3) is 5.53. The molecule has 7 nitrogen and oxygen atoms in total. The van der Waals surface area contributed by atoms with Crippen molar-refractivity contribution in [3.8, 4) is 11.1 Å². The zero-order valence-electron chi connectivity index (χ0n) is 18.6. The van der Waals surface area contributed by atoms with Gasteiger partial charge in [-0.3, -0.25) is 9.59 Å². The molecule has 2 aliphatic rings. The number of amides is 2. The molecule has 0 heterocycles. The summed E-state index contributed by atoms with van der Waals surface area (Å²) in [5.41, 5.74) is 4.40. The van der Waals surface area contributed by atoms with Gasteiger partial charge in [0.1, 0.15) is 12.6 Å². The molecular weight excluding hydrogens is 420 g/mol. The highest BCUT2D eigenvalue weighted by atomic mass is 16.5. The molecule has 3 N–H and O–H groups in total. The van der Waals surface area contributed by atoms with E-state index < -0.39 is 30.4 Å². The van der Waals surface area contributed by atoms with Gasteiger partial charge in [0, 0.05) is 12.5 Å². The van der Waals surface area contributed by atoms with Gasteiger partial charge in [0.15, 0.2) is 0 Å². The number of carboxylic acids is 1. The fraction of sp³-hybridized carbons (Fsp3) is 0.423. The van der Waals surface area contributed by atoms with E-state index >= 15 is 0 Å². The second kappa shape index (κ2) is 10.5. The summed E-state index contributed by atoms with van der Waals surface area (Å²) in [5.74, 6) is -1.35. The van der Waals surface area contributed by atoms with Crippen LogP contribution in [-0.4, -0.2) is 42.3 Å². The largest absolute Gasteiger partial charge is 0.481 e. The van der Waals surface area contributed by atoms with Crippen LogP contribution in [-0.2, 0) is 14.3 Å². The summed E-state index contributed by atoms with van der Waals surface area (Å²) < 4.78 is 5.47. The minimum atomic E-state index is -1.18. The van der Waals surface area contributed by atoms with Crippen LogP contribution in [0, 0.1) is 5.92 Å². The number of benzene rings is 2. The van der Waals surface area contributed by atoms with E-state index in [9.17, 15) is 19.5 Å². The highest BCUT2D eigenvalue weighted by Gasteiger charge is 2.30. The van der Waals surface area contributed by atoms with Crippen LogP contribution < -0.4 is 10.6 Å². The van der Waals surface area contributed by atoms with Crippen molar-refractivity contribution in [2.45, 2.75) is 50.5 Å². The Morgan fingerprint density at radius 3 is 2.15 bits per heavy atom. The second-order valence-electron chi connectivity index (χ2n) is 8.87. The van der Waals surface area contributed by atoms with Crippen molar-refractivity contribution in [3.63, 3.8) is 0 Å². The van der Waals surface area contributed by atoms with Gasteiger partial charge in [0.25, 0.3) is 0 Å². The number of hydrogen-bond donors (Lipinski definition) is 3. The van der Waals surface area contributed by atoms with Crippen molar-refractivity contribution >= 4 is 18.0 Å². The Labute approximate surface area is 193 Å². The van der Waals surface area contributed by atoms with Crippen LogP contribution >= 0.6 is 0 Å². The lowest BCUT2D eigenvalue weighted by atomic mass is 9.89. The maximum atomic E-state index is 12.6. The Balaban J connectivity index is 1.35. The summed E-state index contributed by atoms with van der Waals surface area (Å²) >= 11 is 0. The van der Waals surface area contributed by atoms with E-state index in [2.05, 4.69) is 10.6 Å². The number of carbonyl (C=O) groups excluding carboxylic acids is 2. The SMILES string of the molecule is O=C(O)CC(NC(=O)OCC1c2ccccc2-c2ccccc21)C(=O)NCC1CCCCC1. The first kappa shape index (κ1) is 22.8. The van der Waals surface area contributed by atoms with Gasteiger partial charge in [-0.15, -0.1) is 0 Å². The predicted molar refractivity (Wildman–Crippen MR) is 124 cm³/mol. The molecule has 0 spiro atoms. The molecule has 4 rings (SSSR count). The van der Waals surface area contributed by atoms with Crippen LogP contribution in [0.2, 0.25) is 0 Å². The van der Waals surface area contributed by atoms with E-state index in [1.54, 1.807) is 0 Å². The van der Waals surface area contributed by atoms with Crippen molar-refractivity contribution in [1.82, 2.24) is 10.6 Å². The Hall–Kier alpha value is -3.35. The summed E-state index contributed by atoms with van der Waals surface area (Å²) in [6, 6.07) is 14.8. The third-order valence-corrected chi connectivity index (χ3v) is 6.62. The molecule has 2 aromatic carbocycles. The number of aliphatic carboxylic acids is 1. The summed E-state index contributed by atoms with van der Waals surface area (Å²) in [6.07, 6.45) is 4.34. The Morgan fingerprint density at radius 2 is 1.55 bits per heavy atom. The number of ether oxygens (including phenoxy) is 1.